The highest BCUT2D eigenvalue weighted by Crippen LogP contribution is 2.24. The summed E-state index contributed by atoms with van der Waals surface area (Å²) in [5.74, 6) is 0.00974. The lowest BCUT2D eigenvalue weighted by Gasteiger charge is -2.29. The first-order valence-electron chi connectivity index (χ1n) is 8.82. The molecule has 0 atom stereocenters. The van der Waals surface area contributed by atoms with Crippen LogP contribution in [0.15, 0.2) is 24.3 Å². The van der Waals surface area contributed by atoms with Gasteiger partial charge in [0.15, 0.2) is 0 Å². The van der Waals surface area contributed by atoms with Crippen molar-refractivity contribution >= 4 is 17.7 Å². The maximum atomic E-state index is 12.6. The van der Waals surface area contributed by atoms with Gasteiger partial charge in [-0.25, -0.2) is 4.79 Å². The molecule has 2 rings (SSSR count). The van der Waals surface area contributed by atoms with Crippen molar-refractivity contribution in [1.82, 2.24) is 10.2 Å². The maximum absolute atomic E-state index is 12.6. The van der Waals surface area contributed by atoms with Crippen molar-refractivity contribution < 1.29 is 14.3 Å². The summed E-state index contributed by atoms with van der Waals surface area (Å²) < 4.78 is 5.54. The third-order valence-corrected chi connectivity index (χ3v) is 3.97. The quantitative estimate of drug-likeness (QED) is 0.784. The minimum Gasteiger partial charge on any atom is -0.444 e. The highest BCUT2D eigenvalue weighted by Gasteiger charge is 2.24. The van der Waals surface area contributed by atoms with Crippen LogP contribution in [0.5, 0.6) is 0 Å². The van der Waals surface area contributed by atoms with E-state index in [0.29, 0.717) is 26.2 Å². The summed E-state index contributed by atoms with van der Waals surface area (Å²) in [5, 5.41) is 3.33. The van der Waals surface area contributed by atoms with Crippen LogP contribution in [0.2, 0.25) is 0 Å². The maximum Gasteiger partial charge on any atom is 0.410 e. The van der Waals surface area contributed by atoms with E-state index in [1.165, 1.54) is 0 Å². The van der Waals surface area contributed by atoms with E-state index in [4.69, 9.17) is 4.74 Å². The minimum absolute atomic E-state index is 0.00974. The van der Waals surface area contributed by atoms with Gasteiger partial charge in [-0.05, 0) is 45.4 Å². The molecule has 0 fully saturated rings. The number of para-hydroxylation sites is 1. The average Bonchev–Trinajstić information content (AvgIpc) is 2.55. The Hall–Kier alpha value is -2.08. The second kappa shape index (κ2) is 8.34. The van der Waals surface area contributed by atoms with Crippen molar-refractivity contribution in [3.05, 3.63) is 29.8 Å². The molecule has 6 heteroatoms. The van der Waals surface area contributed by atoms with Crippen LogP contribution in [0.3, 0.4) is 0 Å². The minimum atomic E-state index is -0.540. The van der Waals surface area contributed by atoms with Crippen LogP contribution >= 0.6 is 0 Å². The number of nitrogens with one attached hydrogen (secondary N) is 1. The lowest BCUT2D eigenvalue weighted by atomic mass is 10.1. The number of amides is 2. The van der Waals surface area contributed by atoms with Gasteiger partial charge in [-0.2, -0.15) is 0 Å². The molecular formula is C19H29N3O3. The number of benzene rings is 1. The average molecular weight is 347 g/mol. The molecule has 1 aliphatic heterocycles. The molecule has 0 aliphatic carbocycles. The summed E-state index contributed by atoms with van der Waals surface area (Å²) in [5.41, 5.74) is 1.28. The Kier molecular flexibility index (Phi) is 6.42. The zero-order valence-corrected chi connectivity index (χ0v) is 15.7. The third-order valence-electron chi connectivity index (χ3n) is 3.97. The second-order valence-corrected chi connectivity index (χ2v) is 7.30. The molecule has 1 aromatic carbocycles. The zero-order valence-electron chi connectivity index (χ0n) is 15.7. The Balaban J connectivity index is 2.31. The number of fused-ring (bicyclic) bond motifs is 1. The number of ether oxygens (including phenoxy) is 1. The van der Waals surface area contributed by atoms with E-state index < -0.39 is 5.60 Å². The molecular weight excluding hydrogens is 318 g/mol. The first-order valence-corrected chi connectivity index (χ1v) is 8.82. The summed E-state index contributed by atoms with van der Waals surface area (Å²) in [4.78, 5) is 28.2. The van der Waals surface area contributed by atoms with Crippen molar-refractivity contribution in [3.8, 4) is 0 Å². The van der Waals surface area contributed by atoms with Gasteiger partial charge in [0.05, 0.1) is 6.54 Å². The molecule has 1 heterocycles. The van der Waals surface area contributed by atoms with E-state index in [2.05, 4.69) is 5.32 Å². The number of rotatable bonds is 0. The van der Waals surface area contributed by atoms with Crippen LogP contribution in [0.25, 0.3) is 0 Å². The van der Waals surface area contributed by atoms with Crippen molar-refractivity contribution in [1.29, 1.82) is 0 Å². The summed E-state index contributed by atoms with van der Waals surface area (Å²) in [6.45, 7) is 10.3. The fourth-order valence-corrected chi connectivity index (χ4v) is 2.82. The van der Waals surface area contributed by atoms with Crippen LogP contribution in [-0.2, 0) is 16.1 Å². The monoisotopic (exact) mass is 347 g/mol. The van der Waals surface area contributed by atoms with Crippen molar-refractivity contribution in [2.24, 2.45) is 0 Å². The van der Waals surface area contributed by atoms with Crippen LogP contribution in [0.4, 0.5) is 10.5 Å². The zero-order chi connectivity index (χ0) is 18.4. The molecule has 0 aromatic heterocycles. The number of nitrogens with zero attached hydrogens (tertiary/aromatic N) is 2. The number of carbonyl (C=O) groups excluding carboxylic acids is 2. The van der Waals surface area contributed by atoms with E-state index in [-0.39, 0.29) is 12.0 Å². The molecule has 0 radical (unpaired) electrons. The molecule has 25 heavy (non-hydrogen) atoms. The van der Waals surface area contributed by atoms with Gasteiger partial charge in [-0.15, -0.1) is 0 Å². The standard InChI is InChI=1S/C19H29N3O3/c1-15(23)22-12-7-10-20-11-13-21(18(24)25-19(2,3)4)14-16-8-5-6-9-17(16)22/h5-6,8-9,20H,7,10-14H2,1-4H3. The summed E-state index contributed by atoms with van der Waals surface area (Å²) in [6.07, 6.45) is 0.526. The first-order chi connectivity index (χ1) is 11.8. The van der Waals surface area contributed by atoms with Crippen molar-refractivity contribution in [2.75, 3.05) is 31.1 Å². The molecule has 1 aromatic rings. The predicted octanol–water partition coefficient (Wildman–Crippen LogP) is 2.77. The molecule has 0 unspecified atom stereocenters. The van der Waals surface area contributed by atoms with Crippen molar-refractivity contribution in [3.63, 3.8) is 0 Å². The fraction of sp³-hybridized carbons (Fsp3) is 0.579. The first kappa shape index (κ1) is 19.2. The van der Waals surface area contributed by atoms with Gasteiger partial charge in [-0.3, -0.25) is 4.79 Å². The lowest BCUT2D eigenvalue weighted by Crippen LogP contribution is -2.40. The molecule has 0 spiro atoms. The molecule has 6 nitrogen and oxygen atoms in total. The number of anilines is 1. The Morgan fingerprint density at radius 1 is 1.12 bits per heavy atom. The Labute approximate surface area is 150 Å². The van der Waals surface area contributed by atoms with Gasteiger partial charge in [-0.1, -0.05) is 18.2 Å². The van der Waals surface area contributed by atoms with Gasteiger partial charge < -0.3 is 19.9 Å². The van der Waals surface area contributed by atoms with E-state index in [1.54, 1.807) is 16.7 Å². The van der Waals surface area contributed by atoms with Gasteiger partial charge in [0.2, 0.25) is 5.91 Å². The van der Waals surface area contributed by atoms with E-state index in [9.17, 15) is 9.59 Å². The predicted molar refractivity (Wildman–Crippen MR) is 98.6 cm³/mol. The molecule has 138 valence electrons. The van der Waals surface area contributed by atoms with Crippen LogP contribution in [0, 0.1) is 0 Å². The lowest BCUT2D eigenvalue weighted by molar-refractivity contribution is -0.116. The van der Waals surface area contributed by atoms with E-state index >= 15 is 0 Å². The van der Waals surface area contributed by atoms with Crippen LogP contribution in [0.1, 0.15) is 39.7 Å². The van der Waals surface area contributed by atoms with Crippen molar-refractivity contribution in [2.45, 2.75) is 46.3 Å². The Morgan fingerprint density at radius 3 is 2.52 bits per heavy atom. The Bertz CT molecular complexity index is 610. The number of hydrogen-bond acceptors (Lipinski definition) is 4. The molecule has 0 saturated carbocycles. The smallest absolute Gasteiger partial charge is 0.410 e. The van der Waals surface area contributed by atoms with E-state index in [0.717, 1.165) is 24.2 Å². The second-order valence-electron chi connectivity index (χ2n) is 7.30. The Morgan fingerprint density at radius 2 is 1.84 bits per heavy atom. The third kappa shape index (κ3) is 5.74. The molecule has 0 saturated heterocycles. The molecule has 1 aliphatic rings. The van der Waals surface area contributed by atoms with Crippen LogP contribution in [-0.4, -0.2) is 48.7 Å². The number of carbonyl (C=O) groups is 2. The largest absolute Gasteiger partial charge is 0.444 e. The summed E-state index contributed by atoms with van der Waals surface area (Å²) in [6, 6.07) is 7.76. The van der Waals surface area contributed by atoms with E-state index in [1.807, 2.05) is 45.0 Å². The number of hydrogen-bond donors (Lipinski definition) is 1. The SMILES string of the molecule is CC(=O)N1CCCNCCN(C(=O)OC(C)(C)C)Cc2ccccc21. The molecule has 0 bridgehead atoms. The molecule has 2 amide bonds. The van der Waals surface area contributed by atoms with Gasteiger partial charge in [0.25, 0.3) is 0 Å². The van der Waals surface area contributed by atoms with Crippen LogP contribution < -0.4 is 10.2 Å². The molecule has 1 N–H and O–H groups in total. The topological polar surface area (TPSA) is 61.9 Å². The van der Waals surface area contributed by atoms with Gasteiger partial charge >= 0.3 is 6.09 Å². The fourth-order valence-electron chi connectivity index (χ4n) is 2.82. The highest BCUT2D eigenvalue weighted by atomic mass is 16.6. The van der Waals surface area contributed by atoms with Gasteiger partial charge in [0.1, 0.15) is 5.60 Å². The normalized spacial score (nSPS) is 16.6. The van der Waals surface area contributed by atoms with Gasteiger partial charge in [0, 0.05) is 32.2 Å². The summed E-state index contributed by atoms with van der Waals surface area (Å²) in [7, 11) is 0. The highest BCUT2D eigenvalue weighted by molar-refractivity contribution is 5.92. The summed E-state index contributed by atoms with van der Waals surface area (Å²) >= 11 is 0.